The minimum atomic E-state index is -3.36. The van der Waals surface area contributed by atoms with E-state index >= 15 is 0 Å². The van der Waals surface area contributed by atoms with Crippen LogP contribution in [0.25, 0.3) is 5.65 Å². The van der Waals surface area contributed by atoms with Crippen LogP contribution < -0.4 is 5.73 Å². The van der Waals surface area contributed by atoms with Crippen molar-refractivity contribution < 1.29 is 8.42 Å². The van der Waals surface area contributed by atoms with Gasteiger partial charge in [0.15, 0.2) is 15.5 Å². The fourth-order valence-corrected chi connectivity index (χ4v) is 2.45. The lowest BCUT2D eigenvalue weighted by molar-refractivity contribution is 0.602. The minimum absolute atomic E-state index is 0.0941. The Labute approximate surface area is 85.9 Å². The fraction of sp³-hybridized carbons (Fsp3) is 0.286. The summed E-state index contributed by atoms with van der Waals surface area (Å²) in [5, 5.41) is 3.97. The summed E-state index contributed by atoms with van der Waals surface area (Å²) in [5.41, 5.74) is 6.11. The van der Waals surface area contributed by atoms with Crippen molar-refractivity contribution in [2.45, 2.75) is 11.8 Å². The number of rotatable bonds is 1. The summed E-state index contributed by atoms with van der Waals surface area (Å²) >= 11 is 0. The minimum Gasteiger partial charge on any atom is -0.368 e. The number of nitrogen functional groups attached to an aromatic ring is 1. The van der Waals surface area contributed by atoms with Gasteiger partial charge in [-0.1, -0.05) is 0 Å². The van der Waals surface area contributed by atoms with Crippen molar-refractivity contribution in [1.29, 1.82) is 0 Å². The summed E-state index contributed by atoms with van der Waals surface area (Å²) in [5.74, 6) is 0.109. The molecule has 0 spiro atoms. The zero-order valence-corrected chi connectivity index (χ0v) is 8.98. The highest BCUT2D eigenvalue weighted by Crippen LogP contribution is 2.19. The molecule has 2 aromatic heterocycles. The Morgan fingerprint density at radius 3 is 2.67 bits per heavy atom. The Bertz CT molecular complexity index is 630. The average Bonchev–Trinajstić information content (AvgIpc) is 2.41. The van der Waals surface area contributed by atoms with Gasteiger partial charge >= 0.3 is 0 Å². The molecule has 0 saturated carbocycles. The Kier molecular flexibility index (Phi) is 1.90. The van der Waals surface area contributed by atoms with Gasteiger partial charge in [-0.2, -0.15) is 9.61 Å². The Hall–Kier alpha value is -1.70. The van der Waals surface area contributed by atoms with Gasteiger partial charge in [0, 0.05) is 6.26 Å². The summed E-state index contributed by atoms with van der Waals surface area (Å²) in [6.07, 6.45) is 2.32. The number of sulfone groups is 1. The molecule has 0 amide bonds. The van der Waals surface area contributed by atoms with Gasteiger partial charge in [-0.3, -0.25) is 0 Å². The molecule has 2 rings (SSSR count). The molecule has 0 aliphatic carbocycles. The average molecular weight is 227 g/mol. The fourth-order valence-electron chi connectivity index (χ4n) is 1.41. The smallest absolute Gasteiger partial charge is 0.224 e. The van der Waals surface area contributed by atoms with Gasteiger partial charge < -0.3 is 5.73 Å². The van der Waals surface area contributed by atoms with Gasteiger partial charge in [0.05, 0.1) is 5.69 Å². The normalized spacial score (nSPS) is 12.1. The molecule has 0 bridgehead atoms. The Morgan fingerprint density at radius 1 is 1.40 bits per heavy atom. The molecular weight excluding hydrogens is 218 g/mol. The molecule has 8 heteroatoms. The van der Waals surface area contributed by atoms with Crippen molar-refractivity contribution >= 4 is 21.4 Å². The molecule has 7 nitrogen and oxygen atoms in total. The predicted molar refractivity (Wildman–Crippen MR) is 53.0 cm³/mol. The standard InChI is InChI=1S/C7H9N5O2S/c1-4-5(15(2,13)14)6-9-3-10-7(8)12(6)11-4/h3H,1-2H3,(H2,8,9,10). The van der Waals surface area contributed by atoms with E-state index in [1.807, 2.05) is 0 Å². The third-order valence-corrected chi connectivity index (χ3v) is 3.16. The lowest BCUT2D eigenvalue weighted by Crippen LogP contribution is -2.04. The van der Waals surface area contributed by atoms with Crippen LogP contribution in [0.2, 0.25) is 0 Å². The summed E-state index contributed by atoms with van der Waals surface area (Å²) in [6.45, 7) is 1.59. The zero-order valence-electron chi connectivity index (χ0n) is 8.17. The third-order valence-electron chi connectivity index (χ3n) is 1.94. The van der Waals surface area contributed by atoms with Gasteiger partial charge in [0.25, 0.3) is 0 Å². The maximum absolute atomic E-state index is 11.5. The number of hydrogen-bond acceptors (Lipinski definition) is 6. The van der Waals surface area contributed by atoms with E-state index < -0.39 is 9.84 Å². The number of hydrogen-bond donors (Lipinski definition) is 1. The van der Waals surface area contributed by atoms with E-state index in [0.29, 0.717) is 5.69 Å². The molecule has 80 valence electrons. The molecule has 0 aromatic carbocycles. The van der Waals surface area contributed by atoms with Crippen LogP contribution in [-0.2, 0) is 9.84 Å². The van der Waals surface area contributed by atoms with Crippen LogP contribution in [-0.4, -0.2) is 34.3 Å². The molecule has 0 atom stereocenters. The number of anilines is 1. The van der Waals surface area contributed by atoms with E-state index in [1.165, 1.54) is 10.8 Å². The summed E-state index contributed by atoms with van der Waals surface area (Å²) < 4.78 is 24.2. The van der Waals surface area contributed by atoms with Crippen molar-refractivity contribution in [1.82, 2.24) is 19.6 Å². The van der Waals surface area contributed by atoms with E-state index in [2.05, 4.69) is 15.1 Å². The first-order valence-corrected chi connectivity index (χ1v) is 5.96. The van der Waals surface area contributed by atoms with E-state index in [0.717, 1.165) is 6.26 Å². The topological polar surface area (TPSA) is 103 Å². The molecule has 2 aromatic rings. The first kappa shape index (κ1) is 9.84. The van der Waals surface area contributed by atoms with Crippen molar-refractivity contribution in [3.63, 3.8) is 0 Å². The highest BCUT2D eigenvalue weighted by atomic mass is 32.2. The number of nitrogens with zero attached hydrogens (tertiary/aromatic N) is 4. The van der Waals surface area contributed by atoms with Gasteiger partial charge in [0.2, 0.25) is 5.95 Å². The summed E-state index contributed by atoms with van der Waals surface area (Å²) in [4.78, 5) is 7.67. The van der Waals surface area contributed by atoms with Gasteiger partial charge in [-0.25, -0.2) is 18.4 Å². The van der Waals surface area contributed by atoms with Crippen molar-refractivity contribution in [3.8, 4) is 0 Å². The Balaban J connectivity index is 2.99. The monoisotopic (exact) mass is 227 g/mol. The number of aromatic nitrogens is 4. The molecule has 2 heterocycles. The highest BCUT2D eigenvalue weighted by Gasteiger charge is 2.21. The van der Waals surface area contributed by atoms with Gasteiger partial charge in [-0.05, 0) is 6.92 Å². The molecule has 2 N–H and O–H groups in total. The predicted octanol–water partition coefficient (Wildman–Crippen LogP) is -0.582. The molecule has 0 aliphatic rings. The second kappa shape index (κ2) is 2.89. The molecule has 0 aliphatic heterocycles. The molecular formula is C7H9N5O2S. The second-order valence-corrected chi connectivity index (χ2v) is 5.11. The molecule has 0 saturated heterocycles. The van der Waals surface area contributed by atoms with Crippen LogP contribution in [0.15, 0.2) is 11.2 Å². The van der Waals surface area contributed by atoms with Crippen LogP contribution in [0.3, 0.4) is 0 Å². The third kappa shape index (κ3) is 1.42. The lowest BCUT2D eigenvalue weighted by atomic mass is 10.5. The van der Waals surface area contributed by atoms with Crippen LogP contribution in [0, 0.1) is 6.92 Å². The van der Waals surface area contributed by atoms with E-state index in [9.17, 15) is 8.42 Å². The molecule has 0 fully saturated rings. The van der Waals surface area contributed by atoms with E-state index in [4.69, 9.17) is 5.73 Å². The SMILES string of the molecule is Cc1nn2c(N)ncnc2c1S(C)(=O)=O. The number of fused-ring (bicyclic) bond motifs is 1. The second-order valence-electron chi connectivity index (χ2n) is 3.15. The number of nitrogens with two attached hydrogens (primary N) is 1. The van der Waals surface area contributed by atoms with Crippen molar-refractivity contribution in [3.05, 3.63) is 12.0 Å². The molecule has 15 heavy (non-hydrogen) atoms. The largest absolute Gasteiger partial charge is 0.368 e. The van der Waals surface area contributed by atoms with E-state index in [1.54, 1.807) is 6.92 Å². The summed E-state index contributed by atoms with van der Waals surface area (Å²) in [6, 6.07) is 0. The zero-order chi connectivity index (χ0) is 11.2. The maximum Gasteiger partial charge on any atom is 0.224 e. The highest BCUT2D eigenvalue weighted by molar-refractivity contribution is 7.91. The molecule has 0 unspecified atom stereocenters. The maximum atomic E-state index is 11.5. The van der Waals surface area contributed by atoms with E-state index in [-0.39, 0.29) is 16.5 Å². The van der Waals surface area contributed by atoms with Crippen molar-refractivity contribution in [2.24, 2.45) is 0 Å². The lowest BCUT2D eigenvalue weighted by Gasteiger charge is -1.96. The van der Waals surface area contributed by atoms with Crippen LogP contribution in [0.4, 0.5) is 5.95 Å². The quantitative estimate of drug-likeness (QED) is 0.699. The van der Waals surface area contributed by atoms with Crippen molar-refractivity contribution in [2.75, 3.05) is 12.0 Å². The first-order chi connectivity index (χ1) is 6.91. The van der Waals surface area contributed by atoms with Gasteiger partial charge in [-0.15, -0.1) is 0 Å². The van der Waals surface area contributed by atoms with Gasteiger partial charge in [0.1, 0.15) is 11.2 Å². The molecule has 0 radical (unpaired) electrons. The van der Waals surface area contributed by atoms with Crippen LogP contribution in [0.1, 0.15) is 5.69 Å². The van der Waals surface area contributed by atoms with Crippen LogP contribution in [0.5, 0.6) is 0 Å². The summed E-state index contributed by atoms with van der Waals surface area (Å²) in [7, 11) is -3.36. The Morgan fingerprint density at radius 2 is 2.07 bits per heavy atom. The first-order valence-electron chi connectivity index (χ1n) is 4.07. The number of aryl methyl sites for hydroxylation is 1. The van der Waals surface area contributed by atoms with Crippen LogP contribution >= 0.6 is 0 Å².